The number of halogens is 4. The molecule has 3 N–H and O–H groups in total. The molecule has 0 saturated carbocycles. The lowest BCUT2D eigenvalue weighted by Gasteiger charge is -2.19. The Labute approximate surface area is 181 Å². The molecule has 0 atom stereocenters. The van der Waals surface area contributed by atoms with E-state index in [1.807, 2.05) is 0 Å². The van der Waals surface area contributed by atoms with E-state index >= 15 is 0 Å². The summed E-state index contributed by atoms with van der Waals surface area (Å²) in [5, 5.41) is 7.00. The summed E-state index contributed by atoms with van der Waals surface area (Å²) in [7, 11) is 1.00. The first-order chi connectivity index (χ1) is 14.0. The molecule has 5 nitrogen and oxygen atoms in total. The number of aryl methyl sites for hydroxylation is 1. The van der Waals surface area contributed by atoms with Gasteiger partial charge in [0.2, 0.25) is 0 Å². The van der Waals surface area contributed by atoms with Gasteiger partial charge in [-0.15, -0.1) is 0 Å². The van der Waals surface area contributed by atoms with Gasteiger partial charge in [0.05, 0.1) is 6.42 Å². The number of aliphatic hydroxyl groups is 1. The number of benzene rings is 2. The van der Waals surface area contributed by atoms with Crippen LogP contribution in [-0.4, -0.2) is 23.8 Å². The summed E-state index contributed by atoms with van der Waals surface area (Å²) in [4.78, 5) is 11.4. The van der Waals surface area contributed by atoms with Crippen LogP contribution in [0.15, 0.2) is 36.4 Å². The average Bonchev–Trinajstić information content (AvgIpc) is 2.69. The number of ether oxygens (including phenoxy) is 1. The van der Waals surface area contributed by atoms with Crippen molar-refractivity contribution in [3.8, 4) is 0 Å². The van der Waals surface area contributed by atoms with Crippen LogP contribution in [-0.2, 0) is 22.4 Å². The summed E-state index contributed by atoms with van der Waals surface area (Å²) >= 11 is 0. The van der Waals surface area contributed by atoms with E-state index in [4.69, 9.17) is 20.9 Å². The van der Waals surface area contributed by atoms with Crippen LogP contribution in [0.3, 0.4) is 0 Å². The summed E-state index contributed by atoms with van der Waals surface area (Å²) in [6, 6.07) is 6.49. The van der Waals surface area contributed by atoms with E-state index in [0.717, 1.165) is 37.4 Å². The Morgan fingerprint density at radius 1 is 0.903 bits per heavy atom. The van der Waals surface area contributed by atoms with Gasteiger partial charge in [-0.25, -0.2) is 28.6 Å². The molecule has 0 saturated heterocycles. The highest BCUT2D eigenvalue weighted by molar-refractivity contribution is 5.73. The van der Waals surface area contributed by atoms with E-state index in [2.05, 4.69) is 0 Å². The van der Waals surface area contributed by atoms with Gasteiger partial charge >= 0.3 is 5.97 Å². The van der Waals surface area contributed by atoms with Gasteiger partial charge in [-0.05, 0) is 69.2 Å². The van der Waals surface area contributed by atoms with Crippen molar-refractivity contribution in [1.29, 1.82) is 11.1 Å². The third-order valence-corrected chi connectivity index (χ3v) is 3.15. The molecule has 0 aromatic heterocycles. The second kappa shape index (κ2) is 16.9. The average molecular weight is 449 g/mol. The predicted octanol–water partition coefficient (Wildman–Crippen LogP) is 6.22. The number of hydrogen-bond acceptors (Lipinski definition) is 5. The molecule has 2 rings (SSSR count). The molecule has 0 heterocycles. The van der Waals surface area contributed by atoms with Gasteiger partial charge in [0.25, 0.3) is 0 Å². The molecule has 9 heteroatoms. The predicted molar refractivity (Wildman–Crippen MR) is 112 cm³/mol. The first-order valence-electron chi connectivity index (χ1n) is 8.81. The minimum Gasteiger partial charge on any atom is -0.460 e. The summed E-state index contributed by atoms with van der Waals surface area (Å²) in [6.45, 7) is 6.93. The number of carbonyl (C=O) groups excluding carboxylic acids is 1. The Bertz CT molecular complexity index is 782. The molecule has 0 radical (unpaired) electrons. The highest BCUT2D eigenvalue weighted by atomic mass is 19.1. The largest absolute Gasteiger partial charge is 0.460 e. The molecule has 0 spiro atoms. The smallest absolute Gasteiger partial charge is 0.310 e. The van der Waals surface area contributed by atoms with Gasteiger partial charge in [0.15, 0.2) is 0 Å². The van der Waals surface area contributed by atoms with Crippen molar-refractivity contribution in [2.45, 2.75) is 53.6 Å². The van der Waals surface area contributed by atoms with Crippen LogP contribution in [0, 0.1) is 34.3 Å². The van der Waals surface area contributed by atoms with Crippen molar-refractivity contribution in [3.63, 3.8) is 0 Å². The van der Waals surface area contributed by atoms with E-state index < -0.39 is 23.2 Å². The number of esters is 1. The van der Waals surface area contributed by atoms with Crippen molar-refractivity contribution >= 4 is 5.97 Å². The Morgan fingerprint density at radius 3 is 1.65 bits per heavy atom. The monoisotopic (exact) mass is 448 g/mol. The Hall–Kier alpha value is -2.81. The summed E-state index contributed by atoms with van der Waals surface area (Å²) in [5.74, 6) is -2.45. The fraction of sp³-hybridized carbons (Fsp3) is 0.409. The zero-order valence-electron chi connectivity index (χ0n) is 17.7. The van der Waals surface area contributed by atoms with Crippen molar-refractivity contribution in [2.24, 2.45) is 0 Å². The van der Waals surface area contributed by atoms with E-state index in [-0.39, 0.29) is 31.0 Å². The normalized spacial score (nSPS) is 9.35. The number of nitrogens with one attached hydrogen (secondary N) is 2. The topological polar surface area (TPSA) is 94.2 Å². The fourth-order valence-corrected chi connectivity index (χ4v) is 2.03. The number of aliphatic hydroxyl groups excluding tert-OH is 1. The second-order valence-electron chi connectivity index (χ2n) is 6.59. The molecular formula is C22H32F4N2O3. The molecule has 0 amide bonds. The first kappa shape index (κ1) is 32.8. The van der Waals surface area contributed by atoms with Crippen molar-refractivity contribution in [3.05, 3.63) is 70.8 Å². The van der Waals surface area contributed by atoms with Gasteiger partial charge in [-0.1, -0.05) is 14.4 Å². The van der Waals surface area contributed by atoms with Gasteiger partial charge in [-0.2, -0.15) is 0 Å². The maximum absolute atomic E-state index is 13.2. The van der Waals surface area contributed by atoms with Gasteiger partial charge < -0.3 is 9.84 Å². The van der Waals surface area contributed by atoms with Crippen LogP contribution in [0.5, 0.6) is 0 Å². The fourth-order valence-electron chi connectivity index (χ4n) is 2.03. The third-order valence-electron chi connectivity index (χ3n) is 3.15. The second-order valence-corrected chi connectivity index (χ2v) is 6.59. The number of rotatable bonds is 3. The highest BCUT2D eigenvalue weighted by Crippen LogP contribution is 2.14. The number of hydrogen-bond donors (Lipinski definition) is 3. The molecule has 0 aliphatic rings. The molecule has 0 aliphatic heterocycles. The third kappa shape index (κ3) is 14.8. The zero-order chi connectivity index (χ0) is 23.9. The Balaban J connectivity index is -0.000000451. The lowest BCUT2D eigenvalue weighted by molar-refractivity contribution is -0.153. The molecule has 0 fully saturated rings. The Kier molecular flexibility index (Phi) is 17.9. The summed E-state index contributed by atoms with van der Waals surface area (Å²) < 4.78 is 56.0. The molecule has 0 unspecified atom stereocenters. The van der Waals surface area contributed by atoms with Gasteiger partial charge in [0.1, 0.15) is 28.9 Å². The molecule has 176 valence electrons. The van der Waals surface area contributed by atoms with E-state index in [1.54, 1.807) is 27.7 Å². The minimum atomic E-state index is -0.624. The zero-order valence-corrected chi connectivity index (χ0v) is 17.7. The molecule has 2 aromatic carbocycles. The molecule has 0 bridgehead atoms. The van der Waals surface area contributed by atoms with E-state index in [9.17, 15) is 22.4 Å². The number of carbonyl (C=O) groups is 1. The van der Waals surface area contributed by atoms with E-state index in [0.29, 0.717) is 12.0 Å². The highest BCUT2D eigenvalue weighted by Gasteiger charge is 2.18. The standard InChI is InChI=1S/C12H14F2O2.C8H8F2.CH4O.CH4.H2N2/c1-12(2,3)16-11(15)7-8-6-9(13)4-5-10(8)14;1-2-6-5-7(9)3-4-8(6)10;1-2;;1-2/h4-6H,7H2,1-3H3;3-5H,2H2,1H3;2H,1H3;1H4;1-2H. The lowest BCUT2D eigenvalue weighted by atomic mass is 10.1. The summed E-state index contributed by atoms with van der Waals surface area (Å²) in [6.07, 6.45) is 0.268. The van der Waals surface area contributed by atoms with Crippen LogP contribution in [0.2, 0.25) is 0 Å². The van der Waals surface area contributed by atoms with Crippen LogP contribution in [0.25, 0.3) is 0 Å². The maximum atomic E-state index is 13.2. The lowest BCUT2D eigenvalue weighted by Crippen LogP contribution is -2.25. The van der Waals surface area contributed by atoms with E-state index in [1.165, 1.54) is 6.07 Å². The molecule has 2 aromatic rings. The maximum Gasteiger partial charge on any atom is 0.310 e. The molecule has 0 aliphatic carbocycles. The quantitative estimate of drug-likeness (QED) is 0.296. The first-order valence-corrected chi connectivity index (χ1v) is 8.81. The van der Waals surface area contributed by atoms with Crippen LogP contribution in [0.1, 0.15) is 46.2 Å². The van der Waals surface area contributed by atoms with Crippen LogP contribution in [0.4, 0.5) is 17.6 Å². The molecule has 31 heavy (non-hydrogen) atoms. The van der Waals surface area contributed by atoms with Crippen molar-refractivity contribution < 1.29 is 32.2 Å². The van der Waals surface area contributed by atoms with Crippen LogP contribution < -0.4 is 0 Å². The van der Waals surface area contributed by atoms with Crippen molar-refractivity contribution in [1.82, 2.24) is 0 Å². The summed E-state index contributed by atoms with van der Waals surface area (Å²) in [5.41, 5.74) is 9.81. The van der Waals surface area contributed by atoms with Gasteiger partial charge in [-0.3, -0.25) is 4.79 Å². The van der Waals surface area contributed by atoms with Crippen molar-refractivity contribution in [2.75, 3.05) is 7.11 Å². The minimum absolute atomic E-state index is 0. The SMILES string of the molecule is C.CC(C)(C)OC(=O)Cc1cc(F)ccc1F.CCc1cc(F)ccc1F.CO.N=N. The van der Waals surface area contributed by atoms with Gasteiger partial charge in [0, 0.05) is 12.7 Å². The molecular weight excluding hydrogens is 416 g/mol. The van der Waals surface area contributed by atoms with Crippen LogP contribution >= 0.6 is 0 Å². The Morgan fingerprint density at radius 2 is 1.29 bits per heavy atom.